The number of allylic oxidation sites excluding steroid dienone is 2. The molecule has 1 aromatic rings. The summed E-state index contributed by atoms with van der Waals surface area (Å²) in [6.07, 6.45) is 6.90. The largest absolute Gasteiger partial charge is 0.506 e. The fourth-order valence-electron chi connectivity index (χ4n) is 4.10. The minimum atomic E-state index is -0.606. The highest BCUT2D eigenvalue weighted by atomic mass is 79.9. The summed E-state index contributed by atoms with van der Waals surface area (Å²) in [4.78, 5) is 35.7. The molecule has 1 aromatic carbocycles. The van der Waals surface area contributed by atoms with Gasteiger partial charge in [-0.25, -0.2) is 0 Å². The number of benzene rings is 1. The van der Waals surface area contributed by atoms with Crippen LogP contribution in [-0.2, 0) is 9.59 Å². The molecule has 4 aliphatic rings. The van der Waals surface area contributed by atoms with Crippen LogP contribution in [0, 0.1) is 33.8 Å². The molecule has 1 heterocycles. The zero-order chi connectivity index (χ0) is 18.6. The van der Waals surface area contributed by atoms with Crippen molar-refractivity contribution < 1.29 is 19.6 Å². The maximum Gasteiger partial charge on any atom is 0.271 e. The number of amides is 2. The van der Waals surface area contributed by atoms with E-state index >= 15 is 0 Å². The van der Waals surface area contributed by atoms with Crippen LogP contribution < -0.4 is 0 Å². The predicted molar refractivity (Wildman–Crippen MR) is 94.2 cm³/mol. The number of nitrogens with zero attached hydrogens (tertiary/aromatic N) is 3. The molecule has 4 atom stereocenters. The number of hydrogen-bond donors (Lipinski definition) is 1. The van der Waals surface area contributed by atoms with Crippen molar-refractivity contribution in [2.24, 2.45) is 28.8 Å². The molecule has 26 heavy (non-hydrogen) atoms. The van der Waals surface area contributed by atoms with Crippen LogP contribution in [0.3, 0.4) is 0 Å². The number of phenols is 1. The molecule has 0 unspecified atom stereocenters. The average Bonchev–Trinajstić information content (AvgIpc) is 2.90. The van der Waals surface area contributed by atoms with Gasteiger partial charge in [0, 0.05) is 17.7 Å². The third-order valence-corrected chi connectivity index (χ3v) is 5.94. The van der Waals surface area contributed by atoms with Gasteiger partial charge in [0.05, 0.1) is 27.4 Å². The Morgan fingerprint density at radius 2 is 1.77 bits per heavy atom. The summed E-state index contributed by atoms with van der Waals surface area (Å²) in [6.45, 7) is 0. The number of imide groups is 1. The van der Waals surface area contributed by atoms with Gasteiger partial charge in [-0.2, -0.15) is 10.1 Å². The lowest BCUT2D eigenvalue weighted by Gasteiger charge is -2.37. The third kappa shape index (κ3) is 2.45. The van der Waals surface area contributed by atoms with Crippen LogP contribution in [0.2, 0.25) is 0 Å². The first-order chi connectivity index (χ1) is 12.4. The van der Waals surface area contributed by atoms with Crippen molar-refractivity contribution in [1.29, 1.82) is 0 Å². The normalized spacial score (nSPS) is 29.7. The molecule has 2 fully saturated rings. The van der Waals surface area contributed by atoms with E-state index in [0.29, 0.717) is 0 Å². The Balaban J connectivity index is 1.65. The molecule has 134 valence electrons. The number of hydrogen-bond acceptors (Lipinski definition) is 6. The SMILES string of the molecule is O=C1[C@@H]2[C@H](C(=O)N1/N=C/c1cc([N+](=O)[O-])cc(Br)c1O)[C@@H]1C=C[C@H]2CC1. The van der Waals surface area contributed by atoms with E-state index in [1.54, 1.807) is 0 Å². The van der Waals surface area contributed by atoms with Gasteiger partial charge in [0.2, 0.25) is 0 Å². The van der Waals surface area contributed by atoms with Gasteiger partial charge in [0.1, 0.15) is 5.75 Å². The number of rotatable bonds is 3. The van der Waals surface area contributed by atoms with Gasteiger partial charge >= 0.3 is 0 Å². The average molecular weight is 420 g/mol. The molecule has 2 amide bonds. The Hall–Kier alpha value is -2.55. The summed E-state index contributed by atoms with van der Waals surface area (Å²) in [5, 5.41) is 25.8. The van der Waals surface area contributed by atoms with Gasteiger partial charge in [0.15, 0.2) is 0 Å². The minimum absolute atomic E-state index is 0.0441. The number of aromatic hydroxyl groups is 1. The number of hydrazone groups is 1. The molecule has 0 aromatic heterocycles. The van der Waals surface area contributed by atoms with E-state index in [1.165, 1.54) is 0 Å². The summed E-state index contributed by atoms with van der Waals surface area (Å²) < 4.78 is 0.128. The number of halogens is 1. The van der Waals surface area contributed by atoms with Crippen molar-refractivity contribution in [3.8, 4) is 5.75 Å². The fraction of sp³-hybridized carbons (Fsp3) is 0.353. The Morgan fingerprint density at radius 3 is 2.27 bits per heavy atom. The highest BCUT2D eigenvalue weighted by Gasteiger charge is 2.56. The zero-order valence-electron chi connectivity index (χ0n) is 13.4. The summed E-state index contributed by atoms with van der Waals surface area (Å²) in [5.41, 5.74) is -0.200. The lowest BCUT2D eigenvalue weighted by atomic mass is 9.63. The highest BCUT2D eigenvalue weighted by molar-refractivity contribution is 9.10. The van der Waals surface area contributed by atoms with E-state index in [2.05, 4.69) is 21.0 Å². The Labute approximate surface area is 156 Å². The molecule has 9 heteroatoms. The zero-order valence-corrected chi connectivity index (χ0v) is 15.0. The van der Waals surface area contributed by atoms with Crippen LogP contribution in [0.15, 0.2) is 33.9 Å². The fourth-order valence-corrected chi connectivity index (χ4v) is 4.56. The molecule has 3 aliphatic carbocycles. The molecule has 0 radical (unpaired) electrons. The van der Waals surface area contributed by atoms with Gasteiger partial charge < -0.3 is 5.11 Å². The monoisotopic (exact) mass is 419 g/mol. The van der Waals surface area contributed by atoms with Crippen LogP contribution in [0.1, 0.15) is 18.4 Å². The van der Waals surface area contributed by atoms with E-state index in [4.69, 9.17) is 0 Å². The van der Waals surface area contributed by atoms with Crippen LogP contribution >= 0.6 is 15.9 Å². The van der Waals surface area contributed by atoms with Crippen molar-refractivity contribution in [3.63, 3.8) is 0 Å². The van der Waals surface area contributed by atoms with Gasteiger partial charge in [0.25, 0.3) is 17.5 Å². The molecule has 1 aliphatic heterocycles. The van der Waals surface area contributed by atoms with Crippen molar-refractivity contribution in [2.45, 2.75) is 12.8 Å². The van der Waals surface area contributed by atoms with E-state index in [1.807, 2.05) is 12.2 Å². The minimum Gasteiger partial charge on any atom is -0.506 e. The van der Waals surface area contributed by atoms with Gasteiger partial charge in [-0.1, -0.05) is 12.2 Å². The van der Waals surface area contributed by atoms with Crippen LogP contribution in [-0.4, -0.2) is 33.1 Å². The van der Waals surface area contributed by atoms with Gasteiger partial charge in [-0.15, -0.1) is 0 Å². The number of carbonyl (C=O) groups excluding carboxylic acids is 2. The molecule has 8 nitrogen and oxygen atoms in total. The lowest BCUT2D eigenvalue weighted by Crippen LogP contribution is -2.38. The van der Waals surface area contributed by atoms with Crippen LogP contribution in [0.5, 0.6) is 5.75 Å². The number of fused-ring (bicyclic) bond motifs is 1. The maximum absolute atomic E-state index is 12.7. The second kappa shape index (κ2) is 6.01. The van der Waals surface area contributed by atoms with Crippen LogP contribution in [0.4, 0.5) is 5.69 Å². The Bertz CT molecular complexity index is 865. The van der Waals surface area contributed by atoms with Gasteiger partial charge in [-0.3, -0.25) is 19.7 Å². The number of nitro groups is 1. The first-order valence-electron chi connectivity index (χ1n) is 8.15. The van der Waals surface area contributed by atoms with Crippen molar-refractivity contribution in [3.05, 3.63) is 44.4 Å². The first-order valence-corrected chi connectivity index (χ1v) is 8.95. The number of phenolic OH excluding ortho intramolecular Hbond substituents is 1. The van der Waals surface area contributed by atoms with Crippen molar-refractivity contribution >= 4 is 39.6 Å². The standard InChI is InChI=1S/C17H14BrN3O5/c18-12-6-11(21(25)26)5-10(15(12)22)7-19-20-16(23)13-8-1-2-9(4-3-8)14(13)17(20)24/h1-2,5-9,13-14,22H,3-4H2/b19-7+/t8-,9+,13-,14+. The maximum atomic E-state index is 12.7. The highest BCUT2D eigenvalue weighted by Crippen LogP contribution is 2.49. The molecule has 1 N–H and O–H groups in total. The van der Waals surface area contributed by atoms with E-state index in [0.717, 1.165) is 36.2 Å². The molecule has 2 bridgehead atoms. The number of non-ortho nitro benzene ring substituents is 1. The van der Waals surface area contributed by atoms with Gasteiger partial charge in [-0.05, 0) is 40.6 Å². The first kappa shape index (κ1) is 16.9. The molecule has 1 saturated heterocycles. The summed E-state index contributed by atoms with van der Waals surface area (Å²) >= 11 is 3.04. The molecule has 0 spiro atoms. The molecular formula is C17H14BrN3O5. The van der Waals surface area contributed by atoms with E-state index in [-0.39, 0.29) is 57.0 Å². The second-order valence-electron chi connectivity index (χ2n) is 6.70. The smallest absolute Gasteiger partial charge is 0.271 e. The number of nitro benzene ring substituents is 1. The summed E-state index contributed by atoms with van der Waals surface area (Å²) in [6, 6.07) is 2.30. The third-order valence-electron chi connectivity index (χ3n) is 5.34. The molecular weight excluding hydrogens is 406 g/mol. The van der Waals surface area contributed by atoms with E-state index in [9.17, 15) is 24.8 Å². The Morgan fingerprint density at radius 1 is 1.19 bits per heavy atom. The quantitative estimate of drug-likeness (QED) is 0.266. The summed E-state index contributed by atoms with van der Waals surface area (Å²) in [5.74, 6) is -1.59. The Kier molecular flexibility index (Phi) is 3.91. The van der Waals surface area contributed by atoms with Crippen LogP contribution in [0.25, 0.3) is 0 Å². The molecule has 1 saturated carbocycles. The predicted octanol–water partition coefficient (Wildman–Crippen LogP) is 2.59. The second-order valence-corrected chi connectivity index (χ2v) is 7.55. The number of carbonyl (C=O) groups is 2. The van der Waals surface area contributed by atoms with E-state index < -0.39 is 4.92 Å². The summed E-state index contributed by atoms with van der Waals surface area (Å²) in [7, 11) is 0. The van der Waals surface area contributed by atoms with Crippen molar-refractivity contribution in [1.82, 2.24) is 5.01 Å². The molecule has 5 rings (SSSR count). The topological polar surface area (TPSA) is 113 Å². The lowest BCUT2D eigenvalue weighted by molar-refractivity contribution is -0.385. The van der Waals surface area contributed by atoms with Crippen molar-refractivity contribution in [2.75, 3.05) is 0 Å².